The van der Waals surface area contributed by atoms with E-state index < -0.39 is 23.8 Å². The summed E-state index contributed by atoms with van der Waals surface area (Å²) in [6.45, 7) is 4.59. The van der Waals surface area contributed by atoms with Gasteiger partial charge in [-0.15, -0.1) is 0 Å². The van der Waals surface area contributed by atoms with Gasteiger partial charge in [-0.1, -0.05) is 0 Å². The Morgan fingerprint density at radius 3 is 2.29 bits per heavy atom. The van der Waals surface area contributed by atoms with E-state index >= 15 is 0 Å². The molecule has 0 aliphatic rings. The molecule has 0 spiro atoms. The number of hydrogen-bond acceptors (Lipinski definition) is 4. The van der Waals surface area contributed by atoms with Crippen molar-refractivity contribution in [1.82, 2.24) is 5.32 Å². The highest BCUT2D eigenvalue weighted by Gasteiger charge is 2.23. The molecule has 0 rings (SSSR count). The van der Waals surface area contributed by atoms with Crippen LogP contribution >= 0.6 is 0 Å². The lowest BCUT2D eigenvalue weighted by molar-refractivity contribution is -0.164. The van der Waals surface area contributed by atoms with Crippen molar-refractivity contribution in [2.45, 2.75) is 32.5 Å². The summed E-state index contributed by atoms with van der Waals surface area (Å²) in [5.41, 5.74) is -0.693. The number of carbonyl (C=O) groups is 2. The number of amides is 1. The molecule has 82 valence electrons. The Kier molecular flexibility index (Phi) is 4.36. The van der Waals surface area contributed by atoms with Crippen LogP contribution in [0.3, 0.4) is 0 Å². The zero-order valence-corrected chi connectivity index (χ0v) is 8.40. The first-order valence-corrected chi connectivity index (χ1v) is 4.10. The second-order valence-corrected chi connectivity index (χ2v) is 3.74. The monoisotopic (exact) mass is 205 g/mol. The van der Waals surface area contributed by atoms with E-state index in [1.165, 1.54) is 0 Å². The molecule has 0 aliphatic carbocycles. The van der Waals surface area contributed by atoms with Gasteiger partial charge < -0.3 is 20.3 Å². The van der Waals surface area contributed by atoms with E-state index in [4.69, 9.17) is 14.9 Å². The molecule has 0 aromatic carbocycles. The molecule has 0 bridgehead atoms. The summed E-state index contributed by atoms with van der Waals surface area (Å²) in [6, 6.07) is 0. The maximum atomic E-state index is 11.1. The Hall–Kier alpha value is -1.30. The molecule has 14 heavy (non-hydrogen) atoms. The highest BCUT2D eigenvalue weighted by Crippen LogP contribution is 2.07. The van der Waals surface area contributed by atoms with E-state index in [9.17, 15) is 9.59 Å². The first kappa shape index (κ1) is 12.7. The minimum atomic E-state index is -1.47. The van der Waals surface area contributed by atoms with Crippen LogP contribution in [0, 0.1) is 0 Å². The number of carboxylic acid groups (broad SMARTS) is 1. The molecule has 1 unspecified atom stereocenters. The lowest BCUT2D eigenvalue weighted by Crippen LogP contribution is -2.39. The SMILES string of the molecule is CC(C)(C)OC(=O)C(O)CNC(=O)O. The predicted octanol–water partition coefficient (Wildman–Crippen LogP) is -0.0434. The Bertz CT molecular complexity index is 220. The van der Waals surface area contributed by atoms with E-state index in [2.05, 4.69) is 0 Å². The van der Waals surface area contributed by atoms with Gasteiger partial charge in [-0.05, 0) is 20.8 Å². The normalized spacial score (nSPS) is 13.1. The molecule has 0 radical (unpaired) electrons. The summed E-state index contributed by atoms with van der Waals surface area (Å²) in [6.07, 6.45) is -2.77. The van der Waals surface area contributed by atoms with Crippen LogP contribution in [0.5, 0.6) is 0 Å². The van der Waals surface area contributed by atoms with Gasteiger partial charge in [-0.2, -0.15) is 0 Å². The molecule has 1 atom stereocenters. The van der Waals surface area contributed by atoms with Crippen molar-refractivity contribution in [2.24, 2.45) is 0 Å². The Morgan fingerprint density at radius 2 is 1.93 bits per heavy atom. The van der Waals surface area contributed by atoms with E-state index in [0.717, 1.165) is 0 Å². The molecule has 0 aromatic heterocycles. The van der Waals surface area contributed by atoms with Gasteiger partial charge in [0.25, 0.3) is 0 Å². The van der Waals surface area contributed by atoms with Crippen molar-refractivity contribution in [2.75, 3.05) is 6.54 Å². The number of carbonyl (C=O) groups excluding carboxylic acids is 1. The van der Waals surface area contributed by atoms with Crippen LogP contribution < -0.4 is 5.32 Å². The first-order valence-electron chi connectivity index (χ1n) is 4.10. The van der Waals surface area contributed by atoms with Gasteiger partial charge in [-0.3, -0.25) is 0 Å². The van der Waals surface area contributed by atoms with Crippen LogP contribution in [-0.4, -0.2) is 40.5 Å². The van der Waals surface area contributed by atoms with Crippen LogP contribution in [0.2, 0.25) is 0 Å². The average Bonchev–Trinajstić information content (AvgIpc) is 1.96. The van der Waals surface area contributed by atoms with Crippen molar-refractivity contribution >= 4 is 12.1 Å². The second kappa shape index (κ2) is 4.80. The fraction of sp³-hybridized carbons (Fsp3) is 0.750. The standard InChI is InChI=1S/C8H15NO5/c1-8(2,3)14-6(11)5(10)4-9-7(12)13/h5,9-10H,4H2,1-3H3,(H,12,13). The smallest absolute Gasteiger partial charge is 0.404 e. The minimum Gasteiger partial charge on any atom is -0.465 e. The number of ether oxygens (including phenoxy) is 1. The van der Waals surface area contributed by atoms with E-state index in [1.807, 2.05) is 5.32 Å². The molecular formula is C8H15NO5. The Balaban J connectivity index is 3.94. The quantitative estimate of drug-likeness (QED) is 0.562. The summed E-state index contributed by atoms with van der Waals surface area (Å²) in [4.78, 5) is 21.1. The summed E-state index contributed by atoms with van der Waals surface area (Å²) >= 11 is 0. The molecule has 1 amide bonds. The highest BCUT2D eigenvalue weighted by molar-refractivity contribution is 5.76. The number of aliphatic hydroxyl groups excluding tert-OH is 1. The van der Waals surface area contributed by atoms with Crippen LogP contribution in [0.25, 0.3) is 0 Å². The summed E-state index contributed by atoms with van der Waals surface area (Å²) in [5.74, 6) is -0.841. The van der Waals surface area contributed by atoms with Crippen molar-refractivity contribution in [3.63, 3.8) is 0 Å². The van der Waals surface area contributed by atoms with E-state index in [0.29, 0.717) is 0 Å². The van der Waals surface area contributed by atoms with Crippen molar-refractivity contribution in [1.29, 1.82) is 0 Å². The van der Waals surface area contributed by atoms with Crippen LogP contribution in [0.15, 0.2) is 0 Å². The average molecular weight is 205 g/mol. The van der Waals surface area contributed by atoms with Gasteiger partial charge >= 0.3 is 12.1 Å². The lowest BCUT2D eigenvalue weighted by Gasteiger charge is -2.21. The third kappa shape index (κ3) is 6.24. The predicted molar refractivity (Wildman–Crippen MR) is 47.9 cm³/mol. The number of aliphatic hydroxyl groups is 1. The van der Waals surface area contributed by atoms with Gasteiger partial charge in [0.2, 0.25) is 0 Å². The van der Waals surface area contributed by atoms with E-state index in [-0.39, 0.29) is 6.54 Å². The maximum absolute atomic E-state index is 11.1. The zero-order chi connectivity index (χ0) is 11.4. The van der Waals surface area contributed by atoms with Gasteiger partial charge in [-0.25, -0.2) is 9.59 Å². The molecule has 0 saturated heterocycles. The molecule has 6 nitrogen and oxygen atoms in total. The topological polar surface area (TPSA) is 95.9 Å². The summed E-state index contributed by atoms with van der Waals surface area (Å²) in [5, 5.41) is 19.2. The fourth-order valence-electron chi connectivity index (χ4n) is 0.637. The summed E-state index contributed by atoms with van der Waals surface area (Å²) < 4.78 is 4.81. The number of rotatable bonds is 3. The van der Waals surface area contributed by atoms with Gasteiger partial charge in [0.15, 0.2) is 6.10 Å². The maximum Gasteiger partial charge on any atom is 0.404 e. The minimum absolute atomic E-state index is 0.371. The fourth-order valence-corrected chi connectivity index (χ4v) is 0.637. The molecule has 0 saturated carbocycles. The number of esters is 1. The zero-order valence-electron chi connectivity index (χ0n) is 8.40. The second-order valence-electron chi connectivity index (χ2n) is 3.74. The Morgan fingerprint density at radius 1 is 1.43 bits per heavy atom. The van der Waals surface area contributed by atoms with E-state index in [1.54, 1.807) is 20.8 Å². The third-order valence-corrected chi connectivity index (χ3v) is 1.13. The molecule has 0 heterocycles. The van der Waals surface area contributed by atoms with Crippen molar-refractivity contribution in [3.05, 3.63) is 0 Å². The van der Waals surface area contributed by atoms with Crippen LogP contribution in [0.4, 0.5) is 4.79 Å². The molecule has 0 aliphatic heterocycles. The largest absolute Gasteiger partial charge is 0.465 e. The molecule has 6 heteroatoms. The Labute approximate surface area is 81.9 Å². The van der Waals surface area contributed by atoms with Gasteiger partial charge in [0, 0.05) is 0 Å². The van der Waals surface area contributed by atoms with Crippen LogP contribution in [-0.2, 0) is 9.53 Å². The highest BCUT2D eigenvalue weighted by atomic mass is 16.6. The van der Waals surface area contributed by atoms with Gasteiger partial charge in [0.1, 0.15) is 5.60 Å². The number of hydrogen-bond donors (Lipinski definition) is 3. The molecule has 0 fully saturated rings. The van der Waals surface area contributed by atoms with Crippen molar-refractivity contribution in [3.8, 4) is 0 Å². The van der Waals surface area contributed by atoms with Gasteiger partial charge in [0.05, 0.1) is 6.54 Å². The lowest BCUT2D eigenvalue weighted by atomic mass is 10.2. The summed E-state index contributed by atoms with van der Waals surface area (Å²) in [7, 11) is 0. The van der Waals surface area contributed by atoms with Crippen molar-refractivity contribution < 1.29 is 24.5 Å². The first-order chi connectivity index (χ1) is 6.22. The third-order valence-electron chi connectivity index (χ3n) is 1.13. The molecular weight excluding hydrogens is 190 g/mol. The van der Waals surface area contributed by atoms with Crippen LogP contribution in [0.1, 0.15) is 20.8 Å². The molecule has 0 aromatic rings. The number of nitrogens with one attached hydrogen (secondary N) is 1. The molecule has 3 N–H and O–H groups in total.